The van der Waals surface area contributed by atoms with Crippen molar-refractivity contribution in [1.29, 1.82) is 0 Å². The monoisotopic (exact) mass is 258 g/mol. The third kappa shape index (κ3) is 3.68. The van der Waals surface area contributed by atoms with Crippen LogP contribution >= 0.6 is 0 Å². The molecule has 2 heterocycles. The van der Waals surface area contributed by atoms with Gasteiger partial charge in [-0.05, 0) is 38.3 Å². The summed E-state index contributed by atoms with van der Waals surface area (Å²) in [5.41, 5.74) is 2.35. The van der Waals surface area contributed by atoms with Gasteiger partial charge in [-0.25, -0.2) is 9.78 Å². The number of fused-ring (bicyclic) bond motifs is 1. The number of ether oxygens (including phenoxy) is 1. The quantitative estimate of drug-likeness (QED) is 0.454. The fourth-order valence-electron chi connectivity index (χ4n) is 1.98. The van der Waals surface area contributed by atoms with Crippen LogP contribution in [0.15, 0.2) is 42.9 Å². The molecule has 0 N–H and O–H groups in total. The summed E-state index contributed by atoms with van der Waals surface area (Å²) in [4.78, 5) is 15.2. The zero-order chi connectivity index (χ0) is 13.5. The average molecular weight is 258 g/mol. The van der Waals surface area contributed by atoms with Gasteiger partial charge >= 0.3 is 5.97 Å². The van der Waals surface area contributed by atoms with E-state index in [1.54, 1.807) is 6.92 Å². The maximum atomic E-state index is 11.1. The lowest BCUT2D eigenvalue weighted by Gasteiger charge is -2.03. The Kier molecular flexibility index (Phi) is 4.72. The van der Waals surface area contributed by atoms with Crippen LogP contribution in [-0.4, -0.2) is 22.0 Å². The van der Waals surface area contributed by atoms with E-state index in [0.717, 1.165) is 24.8 Å². The molecule has 0 unspecified atom stereocenters. The molecule has 2 rings (SSSR count). The van der Waals surface area contributed by atoms with Gasteiger partial charge in [0.2, 0.25) is 0 Å². The molecule has 0 radical (unpaired) electrons. The minimum Gasteiger partial charge on any atom is -0.463 e. The van der Waals surface area contributed by atoms with Gasteiger partial charge in [0.25, 0.3) is 0 Å². The molecular formula is C15H18N2O2. The van der Waals surface area contributed by atoms with Crippen molar-refractivity contribution >= 4 is 11.5 Å². The van der Waals surface area contributed by atoms with E-state index in [0.29, 0.717) is 6.61 Å². The number of esters is 1. The van der Waals surface area contributed by atoms with Crippen LogP contribution < -0.4 is 0 Å². The molecule has 4 nitrogen and oxygen atoms in total. The normalized spacial score (nSPS) is 11.2. The second-order valence-electron chi connectivity index (χ2n) is 4.25. The number of carbonyl (C=O) groups excluding carboxylic acids is 1. The van der Waals surface area contributed by atoms with Gasteiger partial charge in [0, 0.05) is 11.8 Å². The number of pyridine rings is 1. The lowest BCUT2D eigenvalue weighted by Crippen LogP contribution is -1.99. The van der Waals surface area contributed by atoms with Crippen LogP contribution in [-0.2, 0) is 16.0 Å². The van der Waals surface area contributed by atoms with Crippen molar-refractivity contribution in [2.75, 3.05) is 6.61 Å². The van der Waals surface area contributed by atoms with Gasteiger partial charge < -0.3 is 9.14 Å². The van der Waals surface area contributed by atoms with Gasteiger partial charge in [-0.3, -0.25) is 0 Å². The third-order valence-corrected chi connectivity index (χ3v) is 2.88. The molecule has 0 saturated carbocycles. The van der Waals surface area contributed by atoms with Crippen molar-refractivity contribution in [3.05, 3.63) is 48.6 Å². The van der Waals surface area contributed by atoms with Crippen LogP contribution in [0.4, 0.5) is 0 Å². The molecular weight excluding hydrogens is 240 g/mol. The summed E-state index contributed by atoms with van der Waals surface area (Å²) in [6.07, 6.45) is 9.87. The predicted octanol–water partition coefficient (Wildman–Crippen LogP) is 2.78. The van der Waals surface area contributed by atoms with Gasteiger partial charge in [-0.2, -0.15) is 0 Å². The fourth-order valence-corrected chi connectivity index (χ4v) is 1.98. The third-order valence-electron chi connectivity index (χ3n) is 2.88. The van der Waals surface area contributed by atoms with Crippen molar-refractivity contribution in [3.8, 4) is 0 Å². The topological polar surface area (TPSA) is 43.6 Å². The van der Waals surface area contributed by atoms with Crippen LogP contribution in [0.5, 0.6) is 0 Å². The molecule has 0 bridgehead atoms. The summed E-state index contributed by atoms with van der Waals surface area (Å²) in [5.74, 6) is -0.265. The van der Waals surface area contributed by atoms with Crippen molar-refractivity contribution < 1.29 is 9.53 Å². The van der Waals surface area contributed by atoms with Crippen LogP contribution in [0.2, 0.25) is 0 Å². The fraction of sp³-hybridized carbons (Fsp3) is 0.333. The first kappa shape index (κ1) is 13.3. The molecule has 2 aromatic heterocycles. The van der Waals surface area contributed by atoms with E-state index in [4.69, 9.17) is 4.74 Å². The Hall–Kier alpha value is -2.10. The maximum absolute atomic E-state index is 11.1. The Morgan fingerprint density at radius 2 is 2.37 bits per heavy atom. The summed E-state index contributed by atoms with van der Waals surface area (Å²) in [7, 11) is 0. The first-order chi connectivity index (χ1) is 9.31. The number of rotatable bonds is 6. The van der Waals surface area contributed by atoms with Gasteiger partial charge in [0.05, 0.1) is 24.6 Å². The molecule has 0 aliphatic heterocycles. The second kappa shape index (κ2) is 6.73. The van der Waals surface area contributed by atoms with Gasteiger partial charge in [0.1, 0.15) is 0 Å². The van der Waals surface area contributed by atoms with Crippen LogP contribution in [0, 0.1) is 0 Å². The Balaban J connectivity index is 1.83. The molecule has 0 aliphatic carbocycles. The number of hydrogen-bond donors (Lipinski definition) is 0. The smallest absolute Gasteiger partial charge is 0.330 e. The highest BCUT2D eigenvalue weighted by Gasteiger charge is 1.99. The maximum Gasteiger partial charge on any atom is 0.330 e. The number of aryl methyl sites for hydroxylation is 1. The SMILES string of the molecule is CCOC(=O)C=CCCCc1cccc2cncn12. The van der Waals surface area contributed by atoms with Gasteiger partial charge in [0.15, 0.2) is 0 Å². The number of aromatic nitrogens is 2. The standard InChI is InChI=1S/C15H18N2O2/c1-2-19-15(18)10-5-3-4-7-13-8-6-9-14-11-16-12-17(13)14/h5-6,8-12H,2-4,7H2,1H3. The van der Waals surface area contributed by atoms with Crippen molar-refractivity contribution in [2.24, 2.45) is 0 Å². The first-order valence-electron chi connectivity index (χ1n) is 6.54. The molecule has 0 saturated heterocycles. The van der Waals surface area contributed by atoms with Gasteiger partial charge in [-0.1, -0.05) is 12.1 Å². The van der Waals surface area contributed by atoms with Crippen molar-refractivity contribution in [3.63, 3.8) is 0 Å². The van der Waals surface area contributed by atoms with E-state index in [1.165, 1.54) is 11.8 Å². The second-order valence-corrected chi connectivity index (χ2v) is 4.25. The Labute approximate surface area is 112 Å². The zero-order valence-electron chi connectivity index (χ0n) is 11.1. The van der Waals surface area contributed by atoms with E-state index < -0.39 is 0 Å². The molecule has 19 heavy (non-hydrogen) atoms. The highest BCUT2D eigenvalue weighted by molar-refractivity contribution is 5.81. The van der Waals surface area contributed by atoms with E-state index in [1.807, 2.05) is 30.7 Å². The summed E-state index contributed by atoms with van der Waals surface area (Å²) in [6.45, 7) is 2.23. The van der Waals surface area contributed by atoms with Crippen LogP contribution in [0.25, 0.3) is 5.52 Å². The number of nitrogens with zero attached hydrogens (tertiary/aromatic N) is 2. The lowest BCUT2D eigenvalue weighted by atomic mass is 10.1. The Morgan fingerprint density at radius 1 is 1.47 bits per heavy atom. The molecule has 100 valence electrons. The zero-order valence-corrected chi connectivity index (χ0v) is 11.1. The molecule has 0 spiro atoms. The first-order valence-corrected chi connectivity index (χ1v) is 6.54. The molecule has 0 aliphatic rings. The highest BCUT2D eigenvalue weighted by Crippen LogP contribution is 2.10. The largest absolute Gasteiger partial charge is 0.463 e. The van der Waals surface area contributed by atoms with E-state index in [2.05, 4.69) is 15.5 Å². The average Bonchev–Trinajstić information content (AvgIpc) is 2.87. The van der Waals surface area contributed by atoms with E-state index in [-0.39, 0.29) is 5.97 Å². The number of allylic oxidation sites excluding steroid dienone is 1. The number of imidazole rings is 1. The Morgan fingerprint density at radius 3 is 3.21 bits per heavy atom. The minimum atomic E-state index is -0.265. The number of unbranched alkanes of at least 4 members (excludes halogenated alkanes) is 1. The van der Waals surface area contributed by atoms with Crippen LogP contribution in [0.3, 0.4) is 0 Å². The molecule has 0 aromatic carbocycles. The highest BCUT2D eigenvalue weighted by atomic mass is 16.5. The summed E-state index contributed by atoms with van der Waals surface area (Å²) in [5, 5.41) is 0. The number of carbonyl (C=O) groups is 1. The number of hydrogen-bond acceptors (Lipinski definition) is 3. The van der Waals surface area contributed by atoms with Gasteiger partial charge in [-0.15, -0.1) is 0 Å². The summed E-state index contributed by atoms with van der Waals surface area (Å²) >= 11 is 0. The molecule has 4 heteroatoms. The predicted molar refractivity (Wildman–Crippen MR) is 73.9 cm³/mol. The van der Waals surface area contributed by atoms with Crippen LogP contribution in [0.1, 0.15) is 25.5 Å². The molecule has 0 fully saturated rings. The van der Waals surface area contributed by atoms with E-state index in [9.17, 15) is 4.79 Å². The summed E-state index contributed by atoms with van der Waals surface area (Å²) in [6, 6.07) is 6.18. The lowest BCUT2D eigenvalue weighted by molar-refractivity contribution is -0.137. The molecule has 2 aromatic rings. The Bertz CT molecular complexity index is 572. The summed E-state index contributed by atoms with van der Waals surface area (Å²) < 4.78 is 6.91. The van der Waals surface area contributed by atoms with E-state index >= 15 is 0 Å². The molecule has 0 amide bonds. The molecule has 0 atom stereocenters. The van der Waals surface area contributed by atoms with Crippen molar-refractivity contribution in [1.82, 2.24) is 9.38 Å². The minimum absolute atomic E-state index is 0.265. The van der Waals surface area contributed by atoms with Crippen molar-refractivity contribution in [2.45, 2.75) is 26.2 Å².